The highest BCUT2D eigenvalue weighted by Crippen LogP contribution is 2.48. The summed E-state index contributed by atoms with van der Waals surface area (Å²) < 4.78 is 35.0. The number of fused-ring (bicyclic) bond motifs is 1. The van der Waals surface area contributed by atoms with Crippen LogP contribution >= 0.6 is 11.8 Å². The molecule has 0 amide bonds. The Morgan fingerprint density at radius 2 is 1.45 bits per heavy atom. The maximum absolute atomic E-state index is 11.8. The summed E-state index contributed by atoms with van der Waals surface area (Å²) in [6, 6.07) is 10.2. The third kappa shape index (κ3) is 8.72. The van der Waals surface area contributed by atoms with Crippen molar-refractivity contribution in [1.82, 2.24) is 0 Å². The average molecular weight is 641 g/mol. The van der Waals surface area contributed by atoms with Gasteiger partial charge in [-0.1, -0.05) is 125 Å². The van der Waals surface area contributed by atoms with E-state index in [-0.39, 0.29) is 28.3 Å². The molecule has 2 fully saturated rings. The summed E-state index contributed by atoms with van der Waals surface area (Å²) in [6.45, 7) is 20.9. The molecule has 2 aliphatic heterocycles. The first-order chi connectivity index (χ1) is 20.0. The molecule has 42 heavy (non-hydrogen) atoms. The van der Waals surface area contributed by atoms with Crippen LogP contribution in [0, 0.1) is 0 Å². The molecule has 2 heterocycles. The van der Waals surface area contributed by atoms with Crippen LogP contribution in [0.5, 0.6) is 0 Å². The lowest BCUT2D eigenvalue weighted by atomic mass is 10.00. The molecule has 5 atom stereocenters. The van der Waals surface area contributed by atoms with E-state index in [1.165, 1.54) is 32.1 Å². The van der Waals surface area contributed by atoms with Crippen molar-refractivity contribution < 1.29 is 27.5 Å². The summed E-state index contributed by atoms with van der Waals surface area (Å²) in [5.74, 6) is 0.953. The van der Waals surface area contributed by atoms with Gasteiger partial charge in [-0.25, -0.2) is 0 Å². The van der Waals surface area contributed by atoms with Gasteiger partial charge in [-0.3, -0.25) is 0 Å². The fraction of sp³-hybridized carbons (Fsp3) is 0.818. The molecule has 3 rings (SSSR count). The minimum atomic E-state index is -2.88. The molecule has 1 aromatic rings. The molecule has 1 aromatic carbocycles. The second-order valence-electron chi connectivity index (χ2n) is 13.5. The second-order valence-corrected chi connectivity index (χ2v) is 23.5. The van der Waals surface area contributed by atoms with Crippen LogP contribution in [0.3, 0.4) is 0 Å². The first-order valence-electron chi connectivity index (χ1n) is 16.6. The standard InChI is InChI=1S/C33H60O6SSi2/c1-10-11-12-13-14-18-21-40-33-30(34)32(35-22-28-19-16-15-17-20-28)31-29(37-33)23-36-41(24(2)3,25(4)5)39-42(38-31,26(6)7)27(8)9/h15-17,19-20,24-27,29-34H,10-14,18,21-23H2,1-9H3/t29-,30+,31-,32-,33-/m1/s1. The van der Waals surface area contributed by atoms with Gasteiger partial charge in [0, 0.05) is 0 Å². The van der Waals surface area contributed by atoms with Crippen molar-refractivity contribution in [3.8, 4) is 0 Å². The van der Waals surface area contributed by atoms with Crippen molar-refractivity contribution in [2.24, 2.45) is 0 Å². The summed E-state index contributed by atoms with van der Waals surface area (Å²) in [5.41, 5.74) is 1.59. The topological polar surface area (TPSA) is 66.4 Å². The molecule has 6 nitrogen and oxygen atoms in total. The summed E-state index contributed by atoms with van der Waals surface area (Å²) in [5, 5.41) is 11.8. The predicted molar refractivity (Wildman–Crippen MR) is 179 cm³/mol. The Bertz CT molecular complexity index is 886. The lowest BCUT2D eigenvalue weighted by Crippen LogP contribution is -2.70. The SMILES string of the molecule is CCCCCCCCS[C@H]1O[C@@H]2CO[Si](C(C)C)(C(C)C)O[Si](C(C)C)(C(C)C)O[C@H]2[C@H](OCc2ccccc2)[C@@H]1O. The maximum atomic E-state index is 11.8. The molecule has 2 saturated heterocycles. The first-order valence-corrected chi connectivity index (χ1v) is 21.6. The molecule has 242 valence electrons. The van der Waals surface area contributed by atoms with Crippen LogP contribution in [0.4, 0.5) is 0 Å². The smallest absolute Gasteiger partial charge is 0.335 e. The van der Waals surface area contributed by atoms with Gasteiger partial charge in [0.2, 0.25) is 0 Å². The number of aliphatic hydroxyl groups excluding tert-OH is 1. The van der Waals surface area contributed by atoms with Crippen LogP contribution in [-0.4, -0.2) is 64.4 Å². The van der Waals surface area contributed by atoms with E-state index in [2.05, 4.69) is 74.4 Å². The fourth-order valence-corrected chi connectivity index (χ4v) is 18.9. The molecule has 0 spiro atoms. The van der Waals surface area contributed by atoms with Crippen LogP contribution in [0.1, 0.15) is 106 Å². The van der Waals surface area contributed by atoms with Crippen molar-refractivity contribution in [3.63, 3.8) is 0 Å². The van der Waals surface area contributed by atoms with E-state index in [4.69, 9.17) is 22.4 Å². The van der Waals surface area contributed by atoms with E-state index < -0.39 is 40.9 Å². The first kappa shape index (κ1) is 36.2. The lowest BCUT2D eigenvalue weighted by Gasteiger charge is -2.55. The maximum Gasteiger partial charge on any atom is 0.335 e. The number of hydrogen-bond acceptors (Lipinski definition) is 7. The average Bonchev–Trinajstić information content (AvgIpc) is 2.93. The second kappa shape index (κ2) is 16.9. The van der Waals surface area contributed by atoms with Crippen molar-refractivity contribution in [2.45, 2.75) is 159 Å². The quantitative estimate of drug-likeness (QED) is 0.152. The molecule has 0 saturated carbocycles. The van der Waals surface area contributed by atoms with Gasteiger partial charge in [-0.05, 0) is 39.9 Å². The normalized spacial score (nSPS) is 27.8. The van der Waals surface area contributed by atoms with Crippen molar-refractivity contribution in [2.75, 3.05) is 12.4 Å². The highest BCUT2D eigenvalue weighted by atomic mass is 32.2. The van der Waals surface area contributed by atoms with E-state index in [1.807, 2.05) is 18.2 Å². The van der Waals surface area contributed by atoms with Gasteiger partial charge < -0.3 is 27.5 Å². The number of rotatable bonds is 15. The Morgan fingerprint density at radius 1 is 0.857 bits per heavy atom. The molecule has 0 radical (unpaired) electrons. The molecule has 0 bridgehead atoms. The van der Waals surface area contributed by atoms with Crippen LogP contribution in [0.25, 0.3) is 0 Å². The zero-order chi connectivity index (χ0) is 30.9. The van der Waals surface area contributed by atoms with Gasteiger partial charge in [-0.2, -0.15) is 0 Å². The van der Waals surface area contributed by atoms with Gasteiger partial charge in [0.15, 0.2) is 0 Å². The van der Waals surface area contributed by atoms with Crippen molar-refractivity contribution in [3.05, 3.63) is 35.9 Å². The minimum absolute atomic E-state index is 0.191. The zero-order valence-electron chi connectivity index (χ0n) is 27.8. The largest absolute Gasteiger partial charge is 0.414 e. The summed E-state index contributed by atoms with van der Waals surface area (Å²) in [6.07, 6.45) is 5.30. The van der Waals surface area contributed by atoms with Gasteiger partial charge in [0.05, 0.1) is 13.2 Å². The van der Waals surface area contributed by atoms with E-state index in [0.717, 1.165) is 17.7 Å². The number of thioether (sulfide) groups is 1. The van der Waals surface area contributed by atoms with E-state index in [0.29, 0.717) is 13.2 Å². The Balaban J connectivity index is 1.92. The molecule has 9 heteroatoms. The lowest BCUT2D eigenvalue weighted by molar-refractivity contribution is -0.224. The predicted octanol–water partition coefficient (Wildman–Crippen LogP) is 8.71. The summed E-state index contributed by atoms with van der Waals surface area (Å²) in [7, 11) is -5.57. The number of unbranched alkanes of at least 4 members (excludes halogenated alkanes) is 5. The minimum Gasteiger partial charge on any atom is -0.414 e. The van der Waals surface area contributed by atoms with Gasteiger partial charge in [0.1, 0.15) is 29.9 Å². The van der Waals surface area contributed by atoms with E-state index >= 15 is 0 Å². The fourth-order valence-electron chi connectivity index (χ4n) is 6.49. The van der Waals surface area contributed by atoms with E-state index in [9.17, 15) is 5.11 Å². The number of aliphatic hydroxyl groups is 1. The van der Waals surface area contributed by atoms with Gasteiger partial charge in [0.25, 0.3) is 0 Å². The monoisotopic (exact) mass is 640 g/mol. The molecular weight excluding hydrogens is 581 g/mol. The number of ether oxygens (including phenoxy) is 2. The molecule has 1 N–H and O–H groups in total. The molecule has 0 aromatic heterocycles. The molecule has 0 aliphatic carbocycles. The van der Waals surface area contributed by atoms with Crippen LogP contribution < -0.4 is 0 Å². The van der Waals surface area contributed by atoms with E-state index in [1.54, 1.807) is 11.8 Å². The van der Waals surface area contributed by atoms with Crippen LogP contribution in [0.15, 0.2) is 30.3 Å². The Labute approximate surface area is 263 Å². The van der Waals surface area contributed by atoms with Gasteiger partial charge in [-0.15, -0.1) is 11.8 Å². The zero-order valence-corrected chi connectivity index (χ0v) is 30.7. The summed E-state index contributed by atoms with van der Waals surface area (Å²) in [4.78, 5) is 0. The van der Waals surface area contributed by atoms with Crippen molar-refractivity contribution in [1.29, 1.82) is 0 Å². The molecular formula is C33H60O6SSi2. The highest BCUT2D eigenvalue weighted by molar-refractivity contribution is 7.99. The summed E-state index contributed by atoms with van der Waals surface area (Å²) >= 11 is 1.72. The van der Waals surface area contributed by atoms with Crippen LogP contribution in [-0.2, 0) is 29.0 Å². The highest BCUT2D eigenvalue weighted by Gasteiger charge is 2.61. The third-order valence-electron chi connectivity index (χ3n) is 9.01. The number of benzene rings is 1. The van der Waals surface area contributed by atoms with Gasteiger partial charge >= 0.3 is 17.1 Å². The molecule has 0 unspecified atom stereocenters. The van der Waals surface area contributed by atoms with Crippen LogP contribution in [0.2, 0.25) is 22.2 Å². The third-order valence-corrected chi connectivity index (χ3v) is 20.5. The Hall–Kier alpha value is -0.236. The Morgan fingerprint density at radius 3 is 2.05 bits per heavy atom. The Kier molecular flexibility index (Phi) is 14.6. The molecule has 2 aliphatic rings. The van der Waals surface area contributed by atoms with Crippen molar-refractivity contribution >= 4 is 28.9 Å². The number of hydrogen-bond donors (Lipinski definition) is 1.